The lowest BCUT2D eigenvalue weighted by Gasteiger charge is -2.16. The minimum atomic E-state index is -0.736. The van der Waals surface area contributed by atoms with E-state index in [0.717, 1.165) is 0 Å². The summed E-state index contributed by atoms with van der Waals surface area (Å²) in [6.45, 7) is 0. The summed E-state index contributed by atoms with van der Waals surface area (Å²) in [5.41, 5.74) is 0.832. The van der Waals surface area contributed by atoms with Crippen LogP contribution < -0.4 is 20.6 Å². The Bertz CT molecular complexity index is 1420. The second-order valence-corrected chi connectivity index (χ2v) is 7.08. The van der Waals surface area contributed by atoms with Crippen molar-refractivity contribution in [1.29, 1.82) is 0 Å². The molecule has 1 aromatic heterocycles. The van der Waals surface area contributed by atoms with Gasteiger partial charge in [0.15, 0.2) is 5.75 Å². The molecule has 7 nitrogen and oxygen atoms in total. The third-order valence-corrected chi connectivity index (χ3v) is 5.11. The SMILES string of the molecule is CN1C(=O)c2cc(NC(=O)c3cc4ccccc4oc3=O)ccc2Oc2ccccc21. The highest BCUT2D eigenvalue weighted by Gasteiger charge is 2.26. The molecule has 7 heteroatoms. The first-order valence-corrected chi connectivity index (χ1v) is 9.54. The number of benzene rings is 3. The van der Waals surface area contributed by atoms with E-state index in [1.165, 1.54) is 17.0 Å². The molecular weight excluding hydrogens is 396 g/mol. The van der Waals surface area contributed by atoms with Gasteiger partial charge in [0.1, 0.15) is 16.9 Å². The molecule has 1 aliphatic rings. The smallest absolute Gasteiger partial charge is 0.349 e. The number of para-hydroxylation sites is 3. The first kappa shape index (κ1) is 18.6. The third-order valence-electron chi connectivity index (χ3n) is 5.11. The Morgan fingerprint density at radius 3 is 2.55 bits per heavy atom. The van der Waals surface area contributed by atoms with Crippen LogP contribution in [-0.4, -0.2) is 18.9 Å². The van der Waals surface area contributed by atoms with Crippen LogP contribution in [0.3, 0.4) is 0 Å². The summed E-state index contributed by atoms with van der Waals surface area (Å²) in [5.74, 6) is 0.0343. The van der Waals surface area contributed by atoms with E-state index in [2.05, 4.69) is 5.32 Å². The lowest BCUT2D eigenvalue weighted by molar-refractivity contribution is 0.0989. The Morgan fingerprint density at radius 2 is 1.68 bits per heavy atom. The zero-order valence-electron chi connectivity index (χ0n) is 16.4. The van der Waals surface area contributed by atoms with Crippen molar-refractivity contribution in [3.8, 4) is 11.5 Å². The summed E-state index contributed by atoms with van der Waals surface area (Å²) in [7, 11) is 1.66. The molecule has 1 N–H and O–H groups in total. The molecule has 3 aromatic carbocycles. The van der Waals surface area contributed by atoms with E-state index >= 15 is 0 Å². The van der Waals surface area contributed by atoms with E-state index in [0.29, 0.717) is 39.4 Å². The topological polar surface area (TPSA) is 88.9 Å². The summed E-state index contributed by atoms with van der Waals surface area (Å²) in [6.07, 6.45) is 0. The normalized spacial score (nSPS) is 12.5. The summed E-state index contributed by atoms with van der Waals surface area (Å²) < 4.78 is 11.1. The van der Waals surface area contributed by atoms with Gasteiger partial charge in [-0.1, -0.05) is 30.3 Å². The monoisotopic (exact) mass is 412 g/mol. The molecule has 152 valence electrons. The average Bonchev–Trinajstić information content (AvgIpc) is 2.88. The van der Waals surface area contributed by atoms with Crippen LogP contribution in [0.1, 0.15) is 20.7 Å². The van der Waals surface area contributed by atoms with Gasteiger partial charge < -0.3 is 19.4 Å². The Kier molecular flexibility index (Phi) is 4.29. The molecule has 2 amide bonds. The number of rotatable bonds is 2. The summed E-state index contributed by atoms with van der Waals surface area (Å²) in [4.78, 5) is 39.5. The van der Waals surface area contributed by atoms with Crippen LogP contribution in [0.15, 0.2) is 82.0 Å². The number of fused-ring (bicyclic) bond motifs is 3. The van der Waals surface area contributed by atoms with E-state index in [4.69, 9.17) is 9.15 Å². The number of hydrogen-bond acceptors (Lipinski definition) is 5. The number of hydrogen-bond donors (Lipinski definition) is 1. The second-order valence-electron chi connectivity index (χ2n) is 7.08. The van der Waals surface area contributed by atoms with Gasteiger partial charge in [0, 0.05) is 18.1 Å². The standard InChI is InChI=1S/C24H16N2O5/c1-26-18-7-3-5-9-21(18)30-20-11-10-15(13-16(20)23(26)28)25-22(27)17-12-14-6-2-4-8-19(14)31-24(17)29/h2-13H,1H3,(H,25,27). The quantitative estimate of drug-likeness (QED) is 0.492. The first-order chi connectivity index (χ1) is 15.0. The van der Waals surface area contributed by atoms with Gasteiger partial charge in [0.05, 0.1) is 11.3 Å². The molecule has 4 aromatic rings. The highest BCUT2D eigenvalue weighted by atomic mass is 16.5. The Balaban J connectivity index is 1.48. The zero-order chi connectivity index (χ0) is 21.5. The van der Waals surface area contributed by atoms with Crippen molar-refractivity contribution in [1.82, 2.24) is 0 Å². The fourth-order valence-corrected chi connectivity index (χ4v) is 3.51. The maximum atomic E-state index is 13.0. The van der Waals surface area contributed by atoms with Crippen LogP contribution in [0.25, 0.3) is 11.0 Å². The fourth-order valence-electron chi connectivity index (χ4n) is 3.51. The Labute approximate surface area is 176 Å². The molecule has 0 aliphatic carbocycles. The fraction of sp³-hybridized carbons (Fsp3) is 0.0417. The van der Waals surface area contributed by atoms with Crippen molar-refractivity contribution < 1.29 is 18.7 Å². The van der Waals surface area contributed by atoms with Gasteiger partial charge in [-0.3, -0.25) is 9.59 Å². The summed E-state index contributed by atoms with van der Waals surface area (Å²) in [6, 6.07) is 20.4. The molecule has 0 bridgehead atoms. The number of carbonyl (C=O) groups is 2. The van der Waals surface area contributed by atoms with Crippen LogP contribution in [0, 0.1) is 0 Å². The predicted octanol–water partition coefficient (Wildman–Crippen LogP) is 4.43. The minimum absolute atomic E-state index is 0.124. The van der Waals surface area contributed by atoms with Gasteiger partial charge in [-0.25, -0.2) is 4.79 Å². The van der Waals surface area contributed by atoms with Crippen LogP contribution in [0.2, 0.25) is 0 Å². The Morgan fingerprint density at radius 1 is 0.903 bits per heavy atom. The van der Waals surface area contributed by atoms with Gasteiger partial charge in [-0.2, -0.15) is 0 Å². The van der Waals surface area contributed by atoms with Gasteiger partial charge in [-0.15, -0.1) is 0 Å². The molecular formula is C24H16N2O5. The van der Waals surface area contributed by atoms with Crippen molar-refractivity contribution >= 4 is 34.2 Å². The number of carbonyl (C=O) groups excluding carboxylic acids is 2. The predicted molar refractivity (Wildman–Crippen MR) is 116 cm³/mol. The molecule has 0 atom stereocenters. The van der Waals surface area contributed by atoms with Gasteiger partial charge in [-0.05, 0) is 42.5 Å². The summed E-state index contributed by atoms with van der Waals surface area (Å²) >= 11 is 0. The van der Waals surface area contributed by atoms with Crippen LogP contribution in [0.4, 0.5) is 11.4 Å². The van der Waals surface area contributed by atoms with Gasteiger partial charge in [0.2, 0.25) is 0 Å². The second kappa shape index (κ2) is 7.14. The third kappa shape index (κ3) is 3.22. The van der Waals surface area contributed by atoms with Crippen molar-refractivity contribution in [3.63, 3.8) is 0 Å². The average molecular weight is 412 g/mol. The number of ether oxygens (including phenoxy) is 1. The lowest BCUT2D eigenvalue weighted by atomic mass is 10.1. The molecule has 0 saturated carbocycles. The van der Waals surface area contributed by atoms with E-state index in [-0.39, 0.29) is 11.5 Å². The molecule has 0 fully saturated rings. The molecule has 31 heavy (non-hydrogen) atoms. The van der Waals surface area contributed by atoms with Crippen LogP contribution >= 0.6 is 0 Å². The first-order valence-electron chi connectivity index (χ1n) is 9.54. The molecule has 0 unspecified atom stereocenters. The number of anilines is 2. The molecule has 1 aliphatic heterocycles. The van der Waals surface area contributed by atoms with Gasteiger partial charge in [0.25, 0.3) is 11.8 Å². The lowest BCUT2D eigenvalue weighted by Crippen LogP contribution is -2.25. The highest BCUT2D eigenvalue weighted by Crippen LogP contribution is 2.38. The molecule has 5 rings (SSSR count). The molecule has 2 heterocycles. The van der Waals surface area contributed by atoms with Crippen LogP contribution in [-0.2, 0) is 0 Å². The minimum Gasteiger partial charge on any atom is -0.454 e. The Hall–Kier alpha value is -4.39. The maximum absolute atomic E-state index is 13.0. The van der Waals surface area contributed by atoms with Crippen molar-refractivity contribution in [2.75, 3.05) is 17.3 Å². The number of amides is 2. The van der Waals surface area contributed by atoms with Crippen molar-refractivity contribution in [3.05, 3.63) is 94.3 Å². The number of nitrogens with one attached hydrogen (secondary N) is 1. The van der Waals surface area contributed by atoms with E-state index < -0.39 is 11.5 Å². The van der Waals surface area contributed by atoms with Crippen LogP contribution in [0.5, 0.6) is 11.5 Å². The zero-order valence-corrected chi connectivity index (χ0v) is 16.4. The van der Waals surface area contributed by atoms with E-state index in [1.807, 2.05) is 12.1 Å². The maximum Gasteiger partial charge on any atom is 0.349 e. The van der Waals surface area contributed by atoms with E-state index in [9.17, 15) is 14.4 Å². The summed E-state index contributed by atoms with van der Waals surface area (Å²) in [5, 5.41) is 3.30. The van der Waals surface area contributed by atoms with Gasteiger partial charge >= 0.3 is 5.63 Å². The molecule has 0 saturated heterocycles. The highest BCUT2D eigenvalue weighted by molar-refractivity contribution is 6.11. The number of nitrogens with zero attached hydrogens (tertiary/aromatic N) is 1. The molecule has 0 radical (unpaired) electrons. The van der Waals surface area contributed by atoms with E-state index in [1.54, 1.807) is 55.6 Å². The van der Waals surface area contributed by atoms with Crippen molar-refractivity contribution in [2.45, 2.75) is 0 Å². The van der Waals surface area contributed by atoms with Crippen molar-refractivity contribution in [2.24, 2.45) is 0 Å². The largest absolute Gasteiger partial charge is 0.454 e. The molecule has 0 spiro atoms.